The van der Waals surface area contributed by atoms with Crippen LogP contribution >= 0.6 is 0 Å². The van der Waals surface area contributed by atoms with Crippen LogP contribution in [0.3, 0.4) is 0 Å². The predicted molar refractivity (Wildman–Crippen MR) is 124 cm³/mol. The number of para-hydroxylation sites is 1. The van der Waals surface area contributed by atoms with Crippen LogP contribution in [-0.4, -0.2) is 25.9 Å². The summed E-state index contributed by atoms with van der Waals surface area (Å²) in [6.07, 6.45) is 4.41. The Morgan fingerprint density at radius 1 is 0.742 bits per heavy atom. The highest BCUT2D eigenvalue weighted by Gasteiger charge is 2.17. The van der Waals surface area contributed by atoms with Crippen molar-refractivity contribution in [2.45, 2.75) is 42.9 Å². The van der Waals surface area contributed by atoms with Gasteiger partial charge in [-0.15, -0.1) is 0 Å². The van der Waals surface area contributed by atoms with Crippen LogP contribution in [0, 0.1) is 0 Å². The first-order valence-electron chi connectivity index (χ1n) is 10.8. The quantitative estimate of drug-likeness (QED) is 0.353. The molecule has 1 N–H and O–H groups in total. The molecule has 0 radical (unpaired) electrons. The number of unbranched alkanes of at least 4 members (excludes halogenated alkanes) is 1. The molecule has 0 fully saturated rings. The first-order chi connectivity index (χ1) is 15.0. The molecule has 0 spiro atoms. The lowest BCUT2D eigenvalue weighted by Gasteiger charge is -2.18. The van der Waals surface area contributed by atoms with E-state index in [4.69, 9.17) is 4.74 Å². The van der Waals surface area contributed by atoms with Crippen molar-refractivity contribution < 1.29 is 18.3 Å². The summed E-state index contributed by atoms with van der Waals surface area (Å²) in [5.41, 5.74) is 1.26. The standard InChI is InChI=1S/C26H30O4S/c27-24-16-18-26(19-17-24)31(28,29)21-9-13-23(22-10-3-1-4-11-22)12-7-8-20-30-25-14-5-2-6-15-25/h1-6,10-11,14-19,23,27H,7-9,12-13,20-21H2. The Labute approximate surface area is 185 Å². The van der Waals surface area contributed by atoms with Crippen LogP contribution in [0.5, 0.6) is 11.5 Å². The smallest absolute Gasteiger partial charge is 0.178 e. The number of hydrogen-bond acceptors (Lipinski definition) is 4. The van der Waals surface area contributed by atoms with Crippen molar-refractivity contribution in [2.24, 2.45) is 0 Å². The van der Waals surface area contributed by atoms with E-state index in [0.717, 1.165) is 31.4 Å². The van der Waals surface area contributed by atoms with E-state index < -0.39 is 9.84 Å². The van der Waals surface area contributed by atoms with Gasteiger partial charge in [0.25, 0.3) is 0 Å². The maximum atomic E-state index is 12.6. The van der Waals surface area contributed by atoms with E-state index in [-0.39, 0.29) is 16.4 Å². The second-order valence-electron chi connectivity index (χ2n) is 7.72. The fraction of sp³-hybridized carbons (Fsp3) is 0.308. The Morgan fingerprint density at radius 3 is 2.03 bits per heavy atom. The van der Waals surface area contributed by atoms with Gasteiger partial charge in [-0.2, -0.15) is 0 Å². The topological polar surface area (TPSA) is 63.6 Å². The molecule has 3 aromatic carbocycles. The zero-order valence-corrected chi connectivity index (χ0v) is 18.5. The zero-order valence-electron chi connectivity index (χ0n) is 17.7. The summed E-state index contributed by atoms with van der Waals surface area (Å²) in [5.74, 6) is 1.40. The minimum atomic E-state index is -3.35. The first kappa shape index (κ1) is 22.9. The lowest BCUT2D eigenvalue weighted by molar-refractivity contribution is 0.302. The van der Waals surface area contributed by atoms with E-state index in [0.29, 0.717) is 18.9 Å². The number of phenols is 1. The van der Waals surface area contributed by atoms with Crippen LogP contribution in [0.1, 0.15) is 43.6 Å². The molecule has 0 aromatic heterocycles. The van der Waals surface area contributed by atoms with Gasteiger partial charge in [0.2, 0.25) is 0 Å². The zero-order chi connectivity index (χ0) is 21.9. The molecule has 31 heavy (non-hydrogen) atoms. The second kappa shape index (κ2) is 11.6. The van der Waals surface area contributed by atoms with Gasteiger partial charge >= 0.3 is 0 Å². The molecule has 3 aromatic rings. The minimum absolute atomic E-state index is 0.0688. The number of phenolic OH excluding ortho intramolecular Hbond substituents is 1. The van der Waals surface area contributed by atoms with Gasteiger partial charge in [-0.1, -0.05) is 48.5 Å². The highest BCUT2D eigenvalue weighted by Crippen LogP contribution is 2.28. The largest absolute Gasteiger partial charge is 0.508 e. The number of hydrogen-bond donors (Lipinski definition) is 1. The third kappa shape index (κ3) is 7.44. The molecule has 3 rings (SSSR count). The molecule has 4 nitrogen and oxygen atoms in total. The molecule has 164 valence electrons. The fourth-order valence-corrected chi connectivity index (χ4v) is 5.03. The van der Waals surface area contributed by atoms with Gasteiger partial charge in [0.1, 0.15) is 11.5 Å². The number of ether oxygens (including phenoxy) is 1. The van der Waals surface area contributed by atoms with Gasteiger partial charge in [0.15, 0.2) is 9.84 Å². The van der Waals surface area contributed by atoms with Gasteiger partial charge in [0, 0.05) is 0 Å². The Morgan fingerprint density at radius 2 is 1.35 bits per heavy atom. The summed E-state index contributed by atoms with van der Waals surface area (Å²) in [4.78, 5) is 0.264. The Hall–Kier alpha value is -2.79. The lowest BCUT2D eigenvalue weighted by Crippen LogP contribution is -2.09. The molecular formula is C26H30O4S. The number of rotatable bonds is 12. The van der Waals surface area contributed by atoms with Crippen molar-refractivity contribution in [1.82, 2.24) is 0 Å². The average Bonchev–Trinajstić information content (AvgIpc) is 2.79. The summed E-state index contributed by atoms with van der Waals surface area (Å²) in [6, 6.07) is 25.9. The van der Waals surface area contributed by atoms with Crippen LogP contribution in [0.4, 0.5) is 0 Å². The predicted octanol–water partition coefficient (Wildman–Crippen LogP) is 5.98. The van der Waals surface area contributed by atoms with Gasteiger partial charge in [-0.3, -0.25) is 0 Å². The summed E-state index contributed by atoms with van der Waals surface area (Å²) >= 11 is 0. The molecule has 0 aliphatic carbocycles. The van der Waals surface area contributed by atoms with E-state index in [2.05, 4.69) is 12.1 Å². The van der Waals surface area contributed by atoms with Crippen molar-refractivity contribution in [2.75, 3.05) is 12.4 Å². The molecule has 0 aliphatic heterocycles. The molecule has 0 bridgehead atoms. The van der Waals surface area contributed by atoms with Crippen molar-refractivity contribution in [1.29, 1.82) is 0 Å². The van der Waals surface area contributed by atoms with Gasteiger partial charge in [0.05, 0.1) is 17.3 Å². The van der Waals surface area contributed by atoms with Gasteiger partial charge in [-0.25, -0.2) is 8.42 Å². The van der Waals surface area contributed by atoms with E-state index in [1.807, 2.05) is 48.5 Å². The fourth-order valence-electron chi connectivity index (χ4n) is 3.69. The van der Waals surface area contributed by atoms with Crippen LogP contribution in [0.25, 0.3) is 0 Å². The van der Waals surface area contributed by atoms with Crippen molar-refractivity contribution >= 4 is 9.84 Å². The molecule has 0 saturated carbocycles. The van der Waals surface area contributed by atoms with E-state index >= 15 is 0 Å². The highest BCUT2D eigenvalue weighted by atomic mass is 32.2. The summed E-state index contributed by atoms with van der Waals surface area (Å²) in [7, 11) is -3.35. The third-order valence-electron chi connectivity index (χ3n) is 5.39. The SMILES string of the molecule is O=S(=O)(CCCC(CCCCOc1ccccc1)c1ccccc1)c1ccc(O)cc1. The van der Waals surface area contributed by atoms with Crippen LogP contribution in [0.2, 0.25) is 0 Å². The Balaban J connectivity index is 1.50. The van der Waals surface area contributed by atoms with Gasteiger partial charge in [-0.05, 0) is 80.0 Å². The average molecular weight is 439 g/mol. The maximum Gasteiger partial charge on any atom is 0.178 e. The first-order valence-corrected chi connectivity index (χ1v) is 12.4. The van der Waals surface area contributed by atoms with Crippen LogP contribution < -0.4 is 4.74 Å². The lowest BCUT2D eigenvalue weighted by atomic mass is 9.90. The van der Waals surface area contributed by atoms with E-state index in [9.17, 15) is 13.5 Å². The minimum Gasteiger partial charge on any atom is -0.508 e. The molecule has 0 aliphatic rings. The third-order valence-corrected chi connectivity index (χ3v) is 7.21. The number of aromatic hydroxyl groups is 1. The number of sulfone groups is 1. The normalized spacial score (nSPS) is 12.4. The van der Waals surface area contributed by atoms with Crippen LogP contribution in [-0.2, 0) is 9.84 Å². The monoisotopic (exact) mass is 438 g/mol. The molecule has 0 heterocycles. The van der Waals surface area contributed by atoms with E-state index in [1.165, 1.54) is 29.8 Å². The van der Waals surface area contributed by atoms with E-state index in [1.54, 1.807) is 0 Å². The van der Waals surface area contributed by atoms with Crippen LogP contribution in [0.15, 0.2) is 89.8 Å². The molecule has 0 saturated heterocycles. The molecule has 5 heteroatoms. The Kier molecular flexibility index (Phi) is 8.53. The molecular weight excluding hydrogens is 408 g/mol. The molecule has 1 atom stereocenters. The van der Waals surface area contributed by atoms with Gasteiger partial charge < -0.3 is 9.84 Å². The van der Waals surface area contributed by atoms with Crippen molar-refractivity contribution in [3.05, 3.63) is 90.5 Å². The molecule has 1 unspecified atom stereocenters. The number of benzene rings is 3. The summed E-state index contributed by atoms with van der Waals surface area (Å²) in [5, 5.41) is 9.38. The Bertz CT molecular complexity index is 1000. The summed E-state index contributed by atoms with van der Waals surface area (Å²) < 4.78 is 31.0. The molecule has 0 amide bonds. The summed E-state index contributed by atoms with van der Waals surface area (Å²) in [6.45, 7) is 0.681. The van der Waals surface area contributed by atoms with Crippen molar-refractivity contribution in [3.8, 4) is 11.5 Å². The maximum absolute atomic E-state index is 12.6. The second-order valence-corrected chi connectivity index (χ2v) is 9.83. The van der Waals surface area contributed by atoms with Crippen molar-refractivity contribution in [3.63, 3.8) is 0 Å². The highest BCUT2D eigenvalue weighted by molar-refractivity contribution is 7.91.